The Hall–Kier alpha value is -0.803. The maximum Gasteiger partial charge on any atom is 0.186 e. The molecule has 0 atom stereocenters. The fourth-order valence-corrected chi connectivity index (χ4v) is 2.77. The zero-order valence-electron chi connectivity index (χ0n) is 9.29. The van der Waals surface area contributed by atoms with Crippen molar-refractivity contribution in [3.8, 4) is 5.75 Å². The van der Waals surface area contributed by atoms with Crippen molar-refractivity contribution in [2.24, 2.45) is 0 Å². The number of methoxy groups -OCH3 is 1. The van der Waals surface area contributed by atoms with Crippen LogP contribution in [0.2, 0.25) is 13.1 Å². The first kappa shape index (κ1) is 11.3. The Labute approximate surface area is 86.7 Å². The van der Waals surface area contributed by atoms with Crippen LogP contribution in [-0.2, 0) is 6.04 Å². The van der Waals surface area contributed by atoms with Gasteiger partial charge in [0.15, 0.2) is 8.32 Å². The van der Waals surface area contributed by atoms with E-state index in [1.165, 1.54) is 5.56 Å². The Morgan fingerprint density at radius 2 is 2.00 bits per heavy atom. The zero-order valence-corrected chi connectivity index (χ0v) is 10.3. The first-order chi connectivity index (χ1) is 6.42. The summed E-state index contributed by atoms with van der Waals surface area (Å²) in [5.74, 6) is 0.908. The normalized spacial score (nSPS) is 11.5. The second-order valence-corrected chi connectivity index (χ2v) is 8.27. The summed E-state index contributed by atoms with van der Waals surface area (Å²) < 4.78 is 5.18. The molecule has 0 spiro atoms. The summed E-state index contributed by atoms with van der Waals surface area (Å²) in [5, 5.41) is 0. The number of ether oxygens (including phenoxy) is 1. The molecule has 14 heavy (non-hydrogen) atoms. The third-order valence-corrected chi connectivity index (χ3v) is 3.37. The van der Waals surface area contributed by atoms with Crippen LogP contribution >= 0.6 is 0 Å². The highest BCUT2D eigenvalue weighted by Gasteiger charge is 2.17. The third-order valence-electron chi connectivity index (χ3n) is 2.10. The van der Waals surface area contributed by atoms with Crippen LogP contribution in [0.3, 0.4) is 0 Å². The summed E-state index contributed by atoms with van der Waals surface area (Å²) in [6, 6.07) is 6.88. The van der Waals surface area contributed by atoms with Gasteiger partial charge in [-0.15, -0.1) is 0 Å². The van der Waals surface area contributed by atoms with Crippen LogP contribution < -0.4 is 4.74 Å². The van der Waals surface area contributed by atoms with E-state index in [1.54, 1.807) is 7.11 Å². The molecule has 2 nitrogen and oxygen atoms in total. The lowest BCUT2D eigenvalue weighted by atomic mass is 10.1. The van der Waals surface area contributed by atoms with Gasteiger partial charge in [-0.05, 0) is 43.3 Å². The molecule has 0 bridgehead atoms. The number of aryl methyl sites for hydroxylation is 1. The maximum atomic E-state index is 9.80. The average molecular weight is 210 g/mol. The van der Waals surface area contributed by atoms with Gasteiger partial charge in [0, 0.05) is 0 Å². The molecular formula is C11H18O2Si. The van der Waals surface area contributed by atoms with E-state index in [2.05, 4.69) is 6.07 Å². The lowest BCUT2D eigenvalue weighted by molar-refractivity contribution is 0.411. The summed E-state index contributed by atoms with van der Waals surface area (Å²) >= 11 is 0. The Kier molecular flexibility index (Phi) is 3.34. The van der Waals surface area contributed by atoms with Crippen molar-refractivity contribution >= 4 is 8.32 Å². The third kappa shape index (κ3) is 3.16. The number of rotatable bonds is 3. The molecule has 1 aromatic rings. The van der Waals surface area contributed by atoms with Crippen molar-refractivity contribution in [2.45, 2.75) is 26.1 Å². The van der Waals surface area contributed by atoms with Gasteiger partial charge in [-0.1, -0.05) is 12.1 Å². The summed E-state index contributed by atoms with van der Waals surface area (Å²) in [4.78, 5) is 9.80. The van der Waals surface area contributed by atoms with E-state index in [-0.39, 0.29) is 0 Å². The van der Waals surface area contributed by atoms with E-state index in [1.807, 2.05) is 32.2 Å². The standard InChI is InChI=1S/C11H18O2Si/c1-9-7-10(8-14(3,4)12)5-6-11(9)13-2/h5-7,12H,8H2,1-4H3. The lowest BCUT2D eigenvalue weighted by Crippen LogP contribution is -2.28. The Bertz CT molecular complexity index is 316. The minimum atomic E-state index is -1.99. The molecular weight excluding hydrogens is 192 g/mol. The molecule has 0 radical (unpaired) electrons. The Morgan fingerprint density at radius 3 is 2.43 bits per heavy atom. The van der Waals surface area contributed by atoms with Crippen LogP contribution in [0.4, 0.5) is 0 Å². The molecule has 1 N–H and O–H groups in total. The van der Waals surface area contributed by atoms with Crippen LogP contribution in [0.15, 0.2) is 18.2 Å². The molecule has 0 aromatic heterocycles. The fourth-order valence-electron chi connectivity index (χ4n) is 1.55. The summed E-state index contributed by atoms with van der Waals surface area (Å²) in [7, 11) is -0.316. The smallest absolute Gasteiger partial charge is 0.186 e. The molecule has 1 aromatic carbocycles. The van der Waals surface area contributed by atoms with E-state index in [0.29, 0.717) is 0 Å². The predicted octanol–water partition coefficient (Wildman–Crippen LogP) is 2.28. The van der Waals surface area contributed by atoms with Gasteiger partial charge in [0.25, 0.3) is 0 Å². The molecule has 0 heterocycles. The Balaban J connectivity index is 2.87. The van der Waals surface area contributed by atoms with Gasteiger partial charge in [-0.2, -0.15) is 0 Å². The van der Waals surface area contributed by atoms with E-state index in [9.17, 15) is 4.80 Å². The van der Waals surface area contributed by atoms with Gasteiger partial charge < -0.3 is 9.53 Å². The second-order valence-electron chi connectivity index (χ2n) is 4.29. The van der Waals surface area contributed by atoms with E-state index in [0.717, 1.165) is 17.4 Å². The van der Waals surface area contributed by atoms with Gasteiger partial charge in [-0.3, -0.25) is 0 Å². The van der Waals surface area contributed by atoms with Crippen molar-refractivity contribution < 1.29 is 9.53 Å². The minimum Gasteiger partial charge on any atom is -0.496 e. The monoisotopic (exact) mass is 210 g/mol. The van der Waals surface area contributed by atoms with Crippen LogP contribution in [0, 0.1) is 6.92 Å². The molecule has 0 fully saturated rings. The molecule has 0 aliphatic carbocycles. The van der Waals surface area contributed by atoms with Crippen LogP contribution in [0.1, 0.15) is 11.1 Å². The van der Waals surface area contributed by atoms with Crippen molar-refractivity contribution in [2.75, 3.05) is 7.11 Å². The molecule has 78 valence electrons. The number of hydrogen-bond donors (Lipinski definition) is 1. The lowest BCUT2D eigenvalue weighted by Gasteiger charge is -2.15. The minimum absolute atomic E-state index is 0.803. The highest BCUT2D eigenvalue weighted by atomic mass is 28.4. The highest BCUT2D eigenvalue weighted by molar-refractivity contribution is 6.69. The molecule has 0 saturated heterocycles. The van der Waals surface area contributed by atoms with Crippen LogP contribution in [0.5, 0.6) is 5.75 Å². The zero-order chi connectivity index (χ0) is 10.8. The summed E-state index contributed by atoms with van der Waals surface area (Å²) in [6.07, 6.45) is 0. The van der Waals surface area contributed by atoms with Crippen molar-refractivity contribution in [3.63, 3.8) is 0 Å². The van der Waals surface area contributed by atoms with Gasteiger partial charge in [0.1, 0.15) is 5.75 Å². The van der Waals surface area contributed by atoms with Gasteiger partial charge in [0.05, 0.1) is 7.11 Å². The van der Waals surface area contributed by atoms with Crippen LogP contribution in [-0.4, -0.2) is 20.2 Å². The highest BCUT2D eigenvalue weighted by Crippen LogP contribution is 2.20. The number of hydrogen-bond acceptors (Lipinski definition) is 2. The largest absolute Gasteiger partial charge is 0.496 e. The fraction of sp³-hybridized carbons (Fsp3) is 0.455. The quantitative estimate of drug-likeness (QED) is 0.776. The molecule has 0 aliphatic heterocycles. The topological polar surface area (TPSA) is 29.5 Å². The molecule has 1 rings (SSSR count). The van der Waals surface area contributed by atoms with Crippen LogP contribution in [0.25, 0.3) is 0 Å². The predicted molar refractivity (Wildman–Crippen MR) is 61.1 cm³/mol. The van der Waals surface area contributed by atoms with E-state index < -0.39 is 8.32 Å². The molecule has 0 unspecified atom stereocenters. The Morgan fingerprint density at radius 1 is 1.36 bits per heavy atom. The van der Waals surface area contributed by atoms with Crippen molar-refractivity contribution in [1.82, 2.24) is 0 Å². The molecule has 3 heteroatoms. The summed E-state index contributed by atoms with van der Waals surface area (Å²) in [6.45, 7) is 5.92. The molecule has 0 amide bonds. The van der Waals surface area contributed by atoms with Gasteiger partial charge in [-0.25, -0.2) is 0 Å². The SMILES string of the molecule is COc1ccc(C[Si](C)(C)O)cc1C. The second kappa shape index (κ2) is 4.15. The average Bonchev–Trinajstić information content (AvgIpc) is 2.01. The first-order valence-electron chi connectivity index (χ1n) is 4.78. The summed E-state index contributed by atoms with van der Waals surface area (Å²) in [5.41, 5.74) is 2.32. The molecule has 0 saturated carbocycles. The van der Waals surface area contributed by atoms with E-state index >= 15 is 0 Å². The van der Waals surface area contributed by atoms with Crippen molar-refractivity contribution in [1.29, 1.82) is 0 Å². The van der Waals surface area contributed by atoms with Gasteiger partial charge >= 0.3 is 0 Å². The number of benzene rings is 1. The van der Waals surface area contributed by atoms with E-state index in [4.69, 9.17) is 4.74 Å². The van der Waals surface area contributed by atoms with Gasteiger partial charge in [0.2, 0.25) is 0 Å². The molecule has 0 aliphatic rings. The first-order valence-corrected chi connectivity index (χ1v) is 7.94. The maximum absolute atomic E-state index is 9.80. The van der Waals surface area contributed by atoms with Crippen molar-refractivity contribution in [3.05, 3.63) is 29.3 Å².